The number of hydrogen-bond donors (Lipinski definition) is 4. The number of hydrogen-bond acceptors (Lipinski definition) is 5. The number of ether oxygens (including phenoxy) is 2. The molecule has 1 amide bonds. The number of fused-ring (bicyclic) bond motifs is 1. The molecule has 4 N–H and O–H groups in total. The van der Waals surface area contributed by atoms with E-state index < -0.39 is 18.2 Å². The standard InChI is InChI=1S/C26H34N2O5/c1-4-12-32-25-15-22(21-14-19(33-17(2)3)10-11-20(21)25)27-16-24(29)23(28-26(30)31)13-18-8-6-5-7-9-18/h4-11,14,17,22-25,27-29H,1,12-13,15-16H2,2-3H3,(H,30,31)/t22-,23?,24+,25+/m0/s1. The van der Waals surface area contributed by atoms with Gasteiger partial charge in [0.15, 0.2) is 0 Å². The molecule has 3 rings (SSSR count). The second-order valence-electron chi connectivity index (χ2n) is 8.58. The fraction of sp³-hybridized carbons (Fsp3) is 0.423. The highest BCUT2D eigenvalue weighted by atomic mass is 16.5. The van der Waals surface area contributed by atoms with Gasteiger partial charge in [0.25, 0.3) is 0 Å². The van der Waals surface area contributed by atoms with E-state index in [0.717, 1.165) is 22.4 Å². The van der Waals surface area contributed by atoms with E-state index in [1.165, 1.54) is 0 Å². The summed E-state index contributed by atoms with van der Waals surface area (Å²) in [5.74, 6) is 0.787. The molecule has 4 atom stereocenters. The molecule has 2 aromatic carbocycles. The van der Waals surface area contributed by atoms with Crippen molar-refractivity contribution in [1.82, 2.24) is 10.6 Å². The van der Waals surface area contributed by atoms with E-state index in [1.54, 1.807) is 6.08 Å². The van der Waals surface area contributed by atoms with Crippen LogP contribution in [0.4, 0.5) is 4.79 Å². The van der Waals surface area contributed by atoms with Crippen LogP contribution in [0, 0.1) is 0 Å². The zero-order valence-corrected chi connectivity index (χ0v) is 19.2. The number of carboxylic acid groups (broad SMARTS) is 1. The van der Waals surface area contributed by atoms with E-state index in [1.807, 2.05) is 62.4 Å². The molecule has 0 heterocycles. The first-order valence-corrected chi connectivity index (χ1v) is 11.3. The Kier molecular flexibility index (Phi) is 8.88. The summed E-state index contributed by atoms with van der Waals surface area (Å²) in [5.41, 5.74) is 3.11. The number of amides is 1. The van der Waals surface area contributed by atoms with Crippen LogP contribution in [0.2, 0.25) is 0 Å². The van der Waals surface area contributed by atoms with E-state index in [4.69, 9.17) is 9.47 Å². The molecule has 0 spiro atoms. The predicted octanol–water partition coefficient (Wildman–Crippen LogP) is 3.99. The van der Waals surface area contributed by atoms with Crippen molar-refractivity contribution >= 4 is 6.09 Å². The Hall–Kier alpha value is -2.87. The van der Waals surface area contributed by atoms with Gasteiger partial charge in [-0.2, -0.15) is 0 Å². The van der Waals surface area contributed by atoms with Gasteiger partial charge in [0.2, 0.25) is 0 Å². The minimum absolute atomic E-state index is 0.0534. The smallest absolute Gasteiger partial charge is 0.404 e. The number of nitrogens with one attached hydrogen (secondary N) is 2. The first-order chi connectivity index (χ1) is 15.9. The Balaban J connectivity index is 1.71. The molecule has 0 aliphatic heterocycles. The molecule has 1 aliphatic carbocycles. The third-order valence-corrected chi connectivity index (χ3v) is 5.66. The Morgan fingerprint density at radius 3 is 2.64 bits per heavy atom. The third kappa shape index (κ3) is 7.05. The van der Waals surface area contributed by atoms with E-state index in [-0.39, 0.29) is 24.8 Å². The molecule has 0 radical (unpaired) electrons. The van der Waals surface area contributed by atoms with Gasteiger partial charge in [0.1, 0.15) is 5.75 Å². The highest BCUT2D eigenvalue weighted by molar-refractivity contribution is 5.65. The molecular weight excluding hydrogens is 420 g/mol. The lowest BCUT2D eigenvalue weighted by molar-refractivity contribution is 0.0672. The Morgan fingerprint density at radius 1 is 1.21 bits per heavy atom. The van der Waals surface area contributed by atoms with Crippen LogP contribution in [-0.4, -0.2) is 47.7 Å². The van der Waals surface area contributed by atoms with Gasteiger partial charge in [-0.25, -0.2) is 4.79 Å². The monoisotopic (exact) mass is 454 g/mol. The van der Waals surface area contributed by atoms with Crippen molar-refractivity contribution in [3.8, 4) is 5.75 Å². The van der Waals surface area contributed by atoms with E-state index >= 15 is 0 Å². The van der Waals surface area contributed by atoms with Gasteiger partial charge in [-0.3, -0.25) is 0 Å². The average molecular weight is 455 g/mol. The van der Waals surface area contributed by atoms with Gasteiger partial charge in [-0.05, 0) is 55.5 Å². The lowest BCUT2D eigenvalue weighted by Crippen LogP contribution is -2.48. The molecule has 7 nitrogen and oxygen atoms in total. The molecule has 0 bridgehead atoms. The van der Waals surface area contributed by atoms with E-state index in [2.05, 4.69) is 17.2 Å². The lowest BCUT2D eigenvalue weighted by Gasteiger charge is -2.25. The molecule has 0 saturated carbocycles. The van der Waals surface area contributed by atoms with Crippen molar-refractivity contribution < 1.29 is 24.5 Å². The SMILES string of the molecule is C=CCO[C@@H]1C[C@H](NC[C@@H](O)C(Cc2ccccc2)NC(=O)O)c2cc(OC(C)C)ccc21. The van der Waals surface area contributed by atoms with Gasteiger partial charge in [-0.1, -0.05) is 42.5 Å². The minimum Gasteiger partial charge on any atom is -0.491 e. The van der Waals surface area contributed by atoms with E-state index in [9.17, 15) is 15.0 Å². The predicted molar refractivity (Wildman–Crippen MR) is 128 cm³/mol. The van der Waals surface area contributed by atoms with Crippen LogP contribution in [0.25, 0.3) is 0 Å². The fourth-order valence-corrected chi connectivity index (χ4v) is 4.21. The minimum atomic E-state index is -1.16. The molecule has 1 unspecified atom stereocenters. The highest BCUT2D eigenvalue weighted by Crippen LogP contribution is 2.42. The number of benzene rings is 2. The molecule has 33 heavy (non-hydrogen) atoms. The van der Waals surface area contributed by atoms with Crippen molar-refractivity contribution in [2.45, 2.75) is 57.1 Å². The second-order valence-corrected chi connectivity index (χ2v) is 8.58. The topological polar surface area (TPSA) is 100 Å². The van der Waals surface area contributed by atoms with Gasteiger partial charge in [-0.15, -0.1) is 6.58 Å². The van der Waals surface area contributed by atoms with Crippen LogP contribution in [0.5, 0.6) is 5.75 Å². The first-order valence-electron chi connectivity index (χ1n) is 11.3. The fourth-order valence-electron chi connectivity index (χ4n) is 4.21. The maximum atomic E-state index is 11.3. The molecule has 2 aromatic rings. The maximum absolute atomic E-state index is 11.3. The van der Waals surface area contributed by atoms with Crippen LogP contribution in [0.15, 0.2) is 61.2 Å². The molecule has 0 aromatic heterocycles. The van der Waals surface area contributed by atoms with Gasteiger partial charge >= 0.3 is 6.09 Å². The number of carbonyl (C=O) groups is 1. The van der Waals surface area contributed by atoms with Gasteiger partial charge in [0.05, 0.1) is 31.0 Å². The van der Waals surface area contributed by atoms with Crippen LogP contribution < -0.4 is 15.4 Å². The molecule has 7 heteroatoms. The van der Waals surface area contributed by atoms with Gasteiger partial charge in [0, 0.05) is 12.6 Å². The number of rotatable bonds is 12. The lowest BCUT2D eigenvalue weighted by atomic mass is 10.0. The van der Waals surface area contributed by atoms with Crippen LogP contribution in [0.3, 0.4) is 0 Å². The zero-order chi connectivity index (χ0) is 23.8. The van der Waals surface area contributed by atoms with Crippen LogP contribution in [0.1, 0.15) is 49.1 Å². The Morgan fingerprint density at radius 2 is 1.97 bits per heavy atom. The summed E-state index contributed by atoms with van der Waals surface area (Å²) in [5, 5.41) is 26.0. The summed E-state index contributed by atoms with van der Waals surface area (Å²) in [7, 11) is 0. The van der Waals surface area contributed by atoms with Crippen molar-refractivity contribution in [3.05, 3.63) is 77.9 Å². The van der Waals surface area contributed by atoms with Crippen molar-refractivity contribution in [1.29, 1.82) is 0 Å². The maximum Gasteiger partial charge on any atom is 0.404 e. The Labute approximate surface area is 195 Å². The van der Waals surface area contributed by atoms with Crippen molar-refractivity contribution in [3.63, 3.8) is 0 Å². The summed E-state index contributed by atoms with van der Waals surface area (Å²) in [4.78, 5) is 11.3. The summed E-state index contributed by atoms with van der Waals surface area (Å²) in [6.45, 7) is 8.38. The Bertz CT molecular complexity index is 918. The zero-order valence-electron chi connectivity index (χ0n) is 19.2. The van der Waals surface area contributed by atoms with Crippen LogP contribution in [-0.2, 0) is 11.2 Å². The normalized spacial score (nSPS) is 19.0. The molecular formula is C26H34N2O5. The van der Waals surface area contributed by atoms with Crippen molar-refractivity contribution in [2.24, 2.45) is 0 Å². The molecule has 1 aliphatic rings. The summed E-state index contributed by atoms with van der Waals surface area (Å²) < 4.78 is 11.8. The van der Waals surface area contributed by atoms with Crippen molar-refractivity contribution in [2.75, 3.05) is 13.2 Å². The molecule has 178 valence electrons. The molecule has 0 fully saturated rings. The average Bonchev–Trinajstić information content (AvgIpc) is 3.12. The summed E-state index contributed by atoms with van der Waals surface area (Å²) in [6, 6.07) is 14.8. The summed E-state index contributed by atoms with van der Waals surface area (Å²) >= 11 is 0. The first kappa shape index (κ1) is 24.8. The van der Waals surface area contributed by atoms with E-state index in [0.29, 0.717) is 19.4 Å². The van der Waals surface area contributed by atoms with Gasteiger partial charge < -0.3 is 30.3 Å². The highest BCUT2D eigenvalue weighted by Gasteiger charge is 2.33. The number of aliphatic hydroxyl groups excluding tert-OH is 1. The number of aliphatic hydroxyl groups is 1. The second kappa shape index (κ2) is 11.8. The quantitative estimate of drug-likeness (QED) is 0.362. The third-order valence-electron chi connectivity index (χ3n) is 5.66. The largest absolute Gasteiger partial charge is 0.491 e. The van der Waals surface area contributed by atoms with Crippen LogP contribution >= 0.6 is 0 Å². The molecule has 0 saturated heterocycles. The summed E-state index contributed by atoms with van der Waals surface area (Å²) in [6.07, 6.45) is 0.740.